The van der Waals surface area contributed by atoms with Crippen LogP contribution in [0.25, 0.3) is 0 Å². The van der Waals surface area contributed by atoms with Crippen LogP contribution in [0.15, 0.2) is 66.0 Å². The average Bonchev–Trinajstić information content (AvgIpc) is 3.22. The minimum Gasteiger partial charge on any atom is -0.315 e. The molecule has 1 aromatic rings. The average molecular weight is 405 g/mol. The van der Waals surface area contributed by atoms with E-state index in [1.54, 1.807) is 12.3 Å². The van der Waals surface area contributed by atoms with E-state index in [0.29, 0.717) is 12.2 Å². The standard InChI is InChI=1S/C26H36N4/c1-7-22-13-12-14-23(17-22)26(15-10-11-16-26)18-25(28-9-3)30(20-29(5)6)24(8-2)21(4)19-27/h8-9,12-14,17H,2-3,7,10-11,15-16,18,20H2,1,4-6H3/b24-21+,28-25-. The van der Waals surface area contributed by atoms with Gasteiger partial charge in [0.1, 0.15) is 5.84 Å². The number of nitrogens with zero attached hydrogens (tertiary/aromatic N) is 4. The topological polar surface area (TPSA) is 42.6 Å². The summed E-state index contributed by atoms with van der Waals surface area (Å²) in [5, 5.41) is 9.55. The minimum absolute atomic E-state index is 0.0599. The fourth-order valence-electron chi connectivity index (χ4n) is 4.46. The smallest absolute Gasteiger partial charge is 0.110 e. The van der Waals surface area contributed by atoms with Crippen LogP contribution in [0.1, 0.15) is 57.1 Å². The van der Waals surface area contributed by atoms with Gasteiger partial charge in [0.15, 0.2) is 0 Å². The lowest BCUT2D eigenvalue weighted by Gasteiger charge is -2.36. The van der Waals surface area contributed by atoms with Gasteiger partial charge in [-0.3, -0.25) is 4.90 Å². The van der Waals surface area contributed by atoms with Crippen molar-refractivity contribution in [1.29, 1.82) is 5.26 Å². The fraction of sp³-hybridized carbons (Fsp3) is 0.462. The Morgan fingerprint density at radius 2 is 1.97 bits per heavy atom. The summed E-state index contributed by atoms with van der Waals surface area (Å²) >= 11 is 0. The Morgan fingerprint density at radius 3 is 2.50 bits per heavy atom. The van der Waals surface area contributed by atoms with E-state index in [0.717, 1.165) is 37.2 Å². The molecule has 0 heterocycles. The van der Waals surface area contributed by atoms with Gasteiger partial charge in [-0.2, -0.15) is 5.26 Å². The maximum atomic E-state index is 9.55. The number of aryl methyl sites for hydroxylation is 1. The fourth-order valence-corrected chi connectivity index (χ4v) is 4.46. The van der Waals surface area contributed by atoms with Crippen molar-refractivity contribution >= 4 is 5.84 Å². The van der Waals surface area contributed by atoms with Crippen LogP contribution in [0.5, 0.6) is 0 Å². The Morgan fingerprint density at radius 1 is 1.27 bits per heavy atom. The Bertz CT molecular complexity index is 848. The van der Waals surface area contributed by atoms with Crippen molar-refractivity contribution in [3.8, 4) is 6.07 Å². The summed E-state index contributed by atoms with van der Waals surface area (Å²) in [5.74, 6) is 0.937. The number of hydrogen-bond acceptors (Lipinski definition) is 3. The maximum absolute atomic E-state index is 9.55. The lowest BCUT2D eigenvalue weighted by atomic mass is 9.75. The molecule has 0 radical (unpaired) electrons. The first-order valence-corrected chi connectivity index (χ1v) is 10.8. The van der Waals surface area contributed by atoms with E-state index in [-0.39, 0.29) is 5.41 Å². The van der Waals surface area contributed by atoms with Gasteiger partial charge in [-0.25, -0.2) is 4.99 Å². The summed E-state index contributed by atoms with van der Waals surface area (Å²) in [4.78, 5) is 8.94. The first kappa shape index (κ1) is 23.6. The lowest BCUT2D eigenvalue weighted by molar-refractivity contribution is 0.288. The highest BCUT2D eigenvalue weighted by Gasteiger charge is 2.38. The second-order valence-corrected chi connectivity index (χ2v) is 8.42. The van der Waals surface area contributed by atoms with Crippen LogP contribution in [0.2, 0.25) is 0 Å². The highest BCUT2D eigenvalue weighted by atomic mass is 15.3. The molecule has 160 valence electrons. The molecule has 30 heavy (non-hydrogen) atoms. The second kappa shape index (κ2) is 10.9. The van der Waals surface area contributed by atoms with Gasteiger partial charge >= 0.3 is 0 Å². The number of nitriles is 1. The largest absolute Gasteiger partial charge is 0.315 e. The van der Waals surface area contributed by atoms with Gasteiger partial charge in [0.2, 0.25) is 0 Å². The van der Waals surface area contributed by atoms with Crippen LogP contribution in [0.3, 0.4) is 0 Å². The normalized spacial score (nSPS) is 16.7. The predicted octanol–water partition coefficient (Wildman–Crippen LogP) is 5.80. The molecule has 0 aromatic heterocycles. The van der Waals surface area contributed by atoms with Gasteiger partial charge < -0.3 is 4.90 Å². The lowest BCUT2D eigenvalue weighted by Crippen LogP contribution is -2.41. The quantitative estimate of drug-likeness (QED) is 0.172. The summed E-state index contributed by atoms with van der Waals surface area (Å²) in [6.45, 7) is 12.5. The molecule has 0 bridgehead atoms. The van der Waals surface area contributed by atoms with Gasteiger partial charge in [-0.15, -0.1) is 0 Å². The van der Waals surface area contributed by atoms with Gasteiger partial charge in [0.25, 0.3) is 0 Å². The molecule has 4 heteroatoms. The highest BCUT2D eigenvalue weighted by molar-refractivity contribution is 5.86. The van der Waals surface area contributed by atoms with Crippen molar-refractivity contribution in [2.45, 2.75) is 57.8 Å². The van der Waals surface area contributed by atoms with E-state index in [9.17, 15) is 5.26 Å². The Labute approximate surface area is 182 Å². The Kier molecular flexibility index (Phi) is 8.62. The molecule has 0 saturated heterocycles. The number of benzene rings is 1. The van der Waals surface area contributed by atoms with Gasteiger partial charge in [0, 0.05) is 18.0 Å². The summed E-state index contributed by atoms with van der Waals surface area (Å²) < 4.78 is 0. The van der Waals surface area contributed by atoms with Crippen molar-refractivity contribution in [2.75, 3.05) is 20.8 Å². The molecule has 0 aliphatic heterocycles. The van der Waals surface area contributed by atoms with Crippen molar-refractivity contribution in [3.05, 3.63) is 72.1 Å². The van der Waals surface area contributed by atoms with E-state index in [1.165, 1.54) is 24.0 Å². The summed E-state index contributed by atoms with van der Waals surface area (Å²) in [6.07, 6.45) is 9.99. The molecule has 1 aromatic carbocycles. The molecule has 0 unspecified atom stereocenters. The van der Waals surface area contributed by atoms with Crippen molar-refractivity contribution in [3.63, 3.8) is 0 Å². The molecule has 1 aliphatic carbocycles. The molecule has 2 rings (SSSR count). The molecule has 1 saturated carbocycles. The summed E-state index contributed by atoms with van der Waals surface area (Å²) in [6, 6.07) is 11.3. The van der Waals surface area contributed by atoms with Crippen LogP contribution in [0, 0.1) is 11.3 Å². The minimum atomic E-state index is 0.0599. The third kappa shape index (κ3) is 5.49. The van der Waals surface area contributed by atoms with E-state index in [4.69, 9.17) is 4.99 Å². The van der Waals surface area contributed by atoms with Crippen LogP contribution in [-0.2, 0) is 11.8 Å². The van der Waals surface area contributed by atoms with E-state index < -0.39 is 0 Å². The zero-order valence-electron chi connectivity index (χ0n) is 19.1. The molecule has 1 aliphatic rings. The first-order chi connectivity index (χ1) is 14.4. The SMILES string of the molecule is C=C/N=C(/CC1(c2cccc(CC)c2)CCCC1)N(CN(C)C)/C(C=C)=C(\C)C#N. The van der Waals surface area contributed by atoms with Crippen LogP contribution in [0.4, 0.5) is 0 Å². The van der Waals surface area contributed by atoms with Crippen LogP contribution >= 0.6 is 0 Å². The second-order valence-electron chi connectivity index (χ2n) is 8.42. The summed E-state index contributed by atoms with van der Waals surface area (Å²) in [5.41, 5.74) is 4.28. The zero-order valence-corrected chi connectivity index (χ0v) is 19.1. The zero-order chi connectivity index (χ0) is 22.1. The molecule has 0 spiro atoms. The van der Waals surface area contributed by atoms with Crippen molar-refractivity contribution < 1.29 is 0 Å². The van der Waals surface area contributed by atoms with Crippen LogP contribution < -0.4 is 0 Å². The highest BCUT2D eigenvalue weighted by Crippen LogP contribution is 2.45. The monoisotopic (exact) mass is 404 g/mol. The number of amidine groups is 1. The predicted molar refractivity (Wildman–Crippen MR) is 127 cm³/mol. The third-order valence-electron chi connectivity index (χ3n) is 6.02. The number of allylic oxidation sites excluding steroid dienone is 2. The van der Waals surface area contributed by atoms with Crippen molar-refractivity contribution in [1.82, 2.24) is 9.80 Å². The Balaban J connectivity index is 2.55. The third-order valence-corrected chi connectivity index (χ3v) is 6.02. The molecule has 1 fully saturated rings. The van der Waals surface area contributed by atoms with E-state index in [2.05, 4.69) is 60.2 Å². The first-order valence-electron chi connectivity index (χ1n) is 10.8. The Hall–Kier alpha value is -2.64. The molecule has 0 atom stereocenters. The van der Waals surface area contributed by atoms with Gasteiger partial charge in [-0.05, 0) is 57.5 Å². The maximum Gasteiger partial charge on any atom is 0.110 e. The molecular weight excluding hydrogens is 368 g/mol. The summed E-state index contributed by atoms with van der Waals surface area (Å²) in [7, 11) is 4.05. The van der Waals surface area contributed by atoms with Gasteiger partial charge in [-0.1, -0.05) is 57.2 Å². The molecule has 0 amide bonds. The van der Waals surface area contributed by atoms with E-state index >= 15 is 0 Å². The number of hydrogen-bond donors (Lipinski definition) is 0. The molecule has 4 nitrogen and oxygen atoms in total. The molecular formula is C26H36N4. The van der Waals surface area contributed by atoms with Gasteiger partial charge in [0.05, 0.1) is 24.0 Å². The number of rotatable bonds is 9. The van der Waals surface area contributed by atoms with Crippen LogP contribution in [-0.4, -0.2) is 36.4 Å². The molecule has 0 N–H and O–H groups in total. The van der Waals surface area contributed by atoms with E-state index in [1.807, 2.05) is 21.0 Å². The van der Waals surface area contributed by atoms with Crippen molar-refractivity contribution in [2.24, 2.45) is 4.99 Å². The number of aliphatic imine (C=N–C) groups is 1.